The minimum absolute atomic E-state index is 0.0105. The average Bonchev–Trinajstić information content (AvgIpc) is 3.25. The maximum Gasteiger partial charge on any atom is 0.253 e. The van der Waals surface area contributed by atoms with Crippen molar-refractivity contribution in [2.75, 3.05) is 25.0 Å². The molecule has 0 bridgehead atoms. The van der Waals surface area contributed by atoms with Gasteiger partial charge in [0.1, 0.15) is 0 Å². The SMILES string of the molecule is Cc1nc(CN2CCC(C(=O)Nc3ccccc3C(=O)NCCc3ccccc3)CC2)cs1. The summed E-state index contributed by atoms with van der Waals surface area (Å²) in [5, 5.41) is 9.17. The fourth-order valence-corrected chi connectivity index (χ4v) is 4.75. The Labute approximate surface area is 199 Å². The van der Waals surface area contributed by atoms with Gasteiger partial charge in [-0.05, 0) is 57.0 Å². The molecule has 1 fully saturated rings. The first kappa shape index (κ1) is 23.1. The van der Waals surface area contributed by atoms with E-state index < -0.39 is 0 Å². The van der Waals surface area contributed by atoms with E-state index in [-0.39, 0.29) is 17.7 Å². The second-order valence-corrected chi connectivity index (χ2v) is 9.50. The molecule has 0 spiro atoms. The van der Waals surface area contributed by atoms with E-state index in [1.807, 2.05) is 49.4 Å². The number of benzene rings is 2. The van der Waals surface area contributed by atoms with Crippen LogP contribution >= 0.6 is 11.3 Å². The van der Waals surface area contributed by atoms with Gasteiger partial charge in [-0.25, -0.2) is 4.98 Å². The first-order valence-corrected chi connectivity index (χ1v) is 12.3. The number of para-hydroxylation sites is 1. The summed E-state index contributed by atoms with van der Waals surface area (Å²) in [4.78, 5) is 32.6. The first-order chi connectivity index (χ1) is 16.1. The van der Waals surface area contributed by atoms with Crippen molar-refractivity contribution in [1.29, 1.82) is 0 Å². The number of likely N-dealkylation sites (tertiary alicyclic amines) is 1. The summed E-state index contributed by atoms with van der Waals surface area (Å²) >= 11 is 1.67. The number of nitrogens with one attached hydrogen (secondary N) is 2. The molecule has 0 aliphatic carbocycles. The zero-order valence-corrected chi connectivity index (χ0v) is 19.7. The zero-order valence-electron chi connectivity index (χ0n) is 18.9. The summed E-state index contributed by atoms with van der Waals surface area (Å²) < 4.78 is 0. The highest BCUT2D eigenvalue weighted by molar-refractivity contribution is 7.09. The van der Waals surface area contributed by atoms with Crippen LogP contribution in [0.15, 0.2) is 60.0 Å². The molecule has 1 aromatic heterocycles. The van der Waals surface area contributed by atoms with Crippen molar-refractivity contribution in [1.82, 2.24) is 15.2 Å². The van der Waals surface area contributed by atoms with Crippen LogP contribution in [0.4, 0.5) is 5.69 Å². The molecule has 2 heterocycles. The highest BCUT2D eigenvalue weighted by atomic mass is 32.1. The molecule has 2 N–H and O–H groups in total. The van der Waals surface area contributed by atoms with E-state index in [9.17, 15) is 9.59 Å². The lowest BCUT2D eigenvalue weighted by Gasteiger charge is -2.30. The molecular formula is C26H30N4O2S. The molecule has 3 aromatic rings. The minimum atomic E-state index is -0.171. The predicted molar refractivity (Wildman–Crippen MR) is 132 cm³/mol. The highest BCUT2D eigenvalue weighted by Crippen LogP contribution is 2.23. The topological polar surface area (TPSA) is 74.3 Å². The van der Waals surface area contributed by atoms with Gasteiger partial charge in [0.2, 0.25) is 5.91 Å². The van der Waals surface area contributed by atoms with Crippen molar-refractivity contribution in [3.8, 4) is 0 Å². The lowest BCUT2D eigenvalue weighted by atomic mass is 9.95. The predicted octanol–water partition coefficient (Wildman–Crippen LogP) is 4.27. The molecule has 0 saturated carbocycles. The Kier molecular flexibility index (Phi) is 7.86. The third kappa shape index (κ3) is 6.49. The third-order valence-corrected chi connectivity index (χ3v) is 6.80. The molecule has 0 radical (unpaired) electrons. The van der Waals surface area contributed by atoms with Crippen LogP contribution in [0.25, 0.3) is 0 Å². The number of rotatable bonds is 8. The molecule has 1 aliphatic rings. The second kappa shape index (κ2) is 11.2. The Morgan fingerprint density at radius 1 is 1.06 bits per heavy atom. The summed E-state index contributed by atoms with van der Waals surface area (Å²) in [5.41, 5.74) is 3.35. The standard InChI is InChI=1S/C26H30N4O2S/c1-19-28-22(18-33-19)17-30-15-12-21(13-16-30)25(31)29-24-10-6-5-9-23(24)26(32)27-14-11-20-7-3-2-4-8-20/h2-10,18,21H,11-17H2,1H3,(H,27,32)(H,29,31). The van der Waals surface area contributed by atoms with Crippen molar-refractivity contribution in [3.63, 3.8) is 0 Å². The zero-order chi connectivity index (χ0) is 23.0. The Morgan fingerprint density at radius 2 is 1.79 bits per heavy atom. The van der Waals surface area contributed by atoms with Crippen molar-refractivity contribution in [2.45, 2.75) is 32.7 Å². The van der Waals surface area contributed by atoms with E-state index >= 15 is 0 Å². The number of amides is 2. The molecule has 4 rings (SSSR count). The van der Waals surface area contributed by atoms with Gasteiger partial charge >= 0.3 is 0 Å². The van der Waals surface area contributed by atoms with Gasteiger partial charge in [0, 0.05) is 24.4 Å². The van der Waals surface area contributed by atoms with E-state index in [4.69, 9.17) is 0 Å². The van der Waals surface area contributed by atoms with Gasteiger partial charge in [0.25, 0.3) is 5.91 Å². The van der Waals surface area contributed by atoms with Crippen molar-refractivity contribution in [2.24, 2.45) is 5.92 Å². The second-order valence-electron chi connectivity index (χ2n) is 8.43. The molecule has 2 amide bonds. The fourth-order valence-electron chi connectivity index (χ4n) is 4.15. The number of aryl methyl sites for hydroxylation is 1. The van der Waals surface area contributed by atoms with Crippen LogP contribution in [-0.4, -0.2) is 41.3 Å². The number of anilines is 1. The summed E-state index contributed by atoms with van der Waals surface area (Å²) in [6, 6.07) is 17.3. The molecule has 1 aliphatic heterocycles. The van der Waals surface area contributed by atoms with Crippen molar-refractivity contribution < 1.29 is 9.59 Å². The smallest absolute Gasteiger partial charge is 0.253 e. The van der Waals surface area contributed by atoms with E-state index in [1.165, 1.54) is 5.56 Å². The van der Waals surface area contributed by atoms with Crippen molar-refractivity contribution in [3.05, 3.63) is 81.8 Å². The van der Waals surface area contributed by atoms with Crippen LogP contribution in [0, 0.1) is 12.8 Å². The molecule has 7 heteroatoms. The molecular weight excluding hydrogens is 432 g/mol. The van der Waals surface area contributed by atoms with Gasteiger partial charge in [-0.15, -0.1) is 11.3 Å². The van der Waals surface area contributed by atoms with Crippen LogP contribution in [0.3, 0.4) is 0 Å². The average molecular weight is 463 g/mol. The number of thiazole rings is 1. The normalized spacial score (nSPS) is 14.7. The van der Waals surface area contributed by atoms with Gasteiger partial charge in [0.05, 0.1) is 22.0 Å². The van der Waals surface area contributed by atoms with E-state index in [0.29, 0.717) is 17.8 Å². The summed E-state index contributed by atoms with van der Waals surface area (Å²) in [6.45, 7) is 5.14. The van der Waals surface area contributed by atoms with Gasteiger partial charge in [-0.1, -0.05) is 42.5 Å². The molecule has 6 nitrogen and oxygen atoms in total. The van der Waals surface area contributed by atoms with Crippen LogP contribution in [0.5, 0.6) is 0 Å². The van der Waals surface area contributed by atoms with E-state index in [1.54, 1.807) is 23.5 Å². The van der Waals surface area contributed by atoms with Gasteiger partial charge in [-0.3, -0.25) is 14.5 Å². The highest BCUT2D eigenvalue weighted by Gasteiger charge is 2.26. The Bertz CT molecular complexity index is 1070. The quantitative estimate of drug-likeness (QED) is 0.524. The number of carbonyl (C=O) groups is 2. The van der Waals surface area contributed by atoms with Crippen LogP contribution in [-0.2, 0) is 17.8 Å². The maximum absolute atomic E-state index is 12.9. The van der Waals surface area contributed by atoms with Crippen LogP contribution < -0.4 is 10.6 Å². The molecule has 0 unspecified atom stereocenters. The van der Waals surface area contributed by atoms with Crippen LogP contribution in [0.1, 0.15) is 39.5 Å². The van der Waals surface area contributed by atoms with E-state index in [0.717, 1.165) is 49.6 Å². The number of hydrogen-bond acceptors (Lipinski definition) is 5. The number of hydrogen-bond donors (Lipinski definition) is 2. The summed E-state index contributed by atoms with van der Waals surface area (Å²) in [6.07, 6.45) is 2.38. The number of piperidine rings is 1. The van der Waals surface area contributed by atoms with Gasteiger partial charge in [-0.2, -0.15) is 0 Å². The largest absolute Gasteiger partial charge is 0.352 e. The number of carbonyl (C=O) groups excluding carboxylic acids is 2. The summed E-state index contributed by atoms with van der Waals surface area (Å²) in [7, 11) is 0. The fraction of sp³-hybridized carbons (Fsp3) is 0.346. The monoisotopic (exact) mass is 462 g/mol. The number of nitrogens with zero attached hydrogens (tertiary/aromatic N) is 2. The van der Waals surface area contributed by atoms with Gasteiger partial charge in [0.15, 0.2) is 0 Å². The maximum atomic E-state index is 12.9. The molecule has 2 aromatic carbocycles. The molecule has 0 atom stereocenters. The lowest BCUT2D eigenvalue weighted by Crippen LogP contribution is -2.38. The third-order valence-electron chi connectivity index (χ3n) is 5.98. The molecule has 172 valence electrons. The first-order valence-electron chi connectivity index (χ1n) is 11.4. The van der Waals surface area contributed by atoms with Crippen LogP contribution in [0.2, 0.25) is 0 Å². The minimum Gasteiger partial charge on any atom is -0.352 e. The Hall–Kier alpha value is -3.03. The summed E-state index contributed by atoms with van der Waals surface area (Å²) in [5.74, 6) is -0.230. The molecule has 33 heavy (non-hydrogen) atoms. The van der Waals surface area contributed by atoms with Gasteiger partial charge < -0.3 is 10.6 Å². The lowest BCUT2D eigenvalue weighted by molar-refractivity contribution is -0.121. The molecule has 1 saturated heterocycles. The van der Waals surface area contributed by atoms with E-state index in [2.05, 4.69) is 25.9 Å². The Morgan fingerprint density at radius 3 is 2.52 bits per heavy atom. The Balaban J connectivity index is 1.28. The number of aromatic nitrogens is 1. The van der Waals surface area contributed by atoms with Crippen molar-refractivity contribution >= 4 is 28.8 Å².